The molecular formula is C20H8F14N2O2. The van der Waals surface area contributed by atoms with E-state index in [0.717, 1.165) is 0 Å². The van der Waals surface area contributed by atoms with Crippen molar-refractivity contribution in [3.63, 3.8) is 0 Å². The highest BCUT2D eigenvalue weighted by molar-refractivity contribution is 5.96. The summed E-state index contributed by atoms with van der Waals surface area (Å²) in [7, 11) is 0. The minimum Gasteiger partial charge on any atom is -0.318 e. The number of anilines is 2. The molecule has 0 aliphatic heterocycles. The van der Waals surface area contributed by atoms with E-state index in [1.54, 1.807) is 0 Å². The molecule has 4 bridgehead atoms. The first-order chi connectivity index (χ1) is 17.0. The summed E-state index contributed by atoms with van der Waals surface area (Å²) >= 11 is 0. The van der Waals surface area contributed by atoms with Crippen molar-refractivity contribution >= 4 is 23.2 Å². The standard InChI is InChI=1S/C20H8F14N2O2/c21-15(22)7-1-3-9(11(5-7)35-13(37)19(29,30)31)17(25,26)16(23,24)8-2-4-10(18(15,27)28)12(6-8)36-14(38)20(32,33)34/h1-6H,(H,35,37)(H,36,38). The lowest BCUT2D eigenvalue weighted by atomic mass is 9.87. The molecule has 2 aromatic carbocycles. The van der Waals surface area contributed by atoms with E-state index in [1.165, 1.54) is 0 Å². The summed E-state index contributed by atoms with van der Waals surface area (Å²) in [5, 5.41) is 1.32. The zero-order valence-electron chi connectivity index (χ0n) is 17.6. The van der Waals surface area contributed by atoms with Crippen LogP contribution in [0.4, 0.5) is 72.8 Å². The average molecular weight is 574 g/mol. The highest BCUT2D eigenvalue weighted by Crippen LogP contribution is 2.57. The fourth-order valence-electron chi connectivity index (χ4n) is 3.32. The molecule has 6 rings (SSSR count). The number of carbonyl (C=O) groups is 2. The molecule has 0 fully saturated rings. The van der Waals surface area contributed by atoms with Crippen LogP contribution in [0.15, 0.2) is 36.4 Å². The van der Waals surface area contributed by atoms with Gasteiger partial charge in [-0.1, -0.05) is 24.3 Å². The number of hydrogen-bond acceptors (Lipinski definition) is 2. The number of benzene rings is 2. The predicted octanol–water partition coefficient (Wildman–Crippen LogP) is 6.77. The Kier molecular flexibility index (Phi) is 6.44. The second-order valence-electron chi connectivity index (χ2n) is 7.72. The van der Waals surface area contributed by atoms with E-state index in [-0.39, 0.29) is 24.3 Å². The van der Waals surface area contributed by atoms with Gasteiger partial charge in [0.25, 0.3) is 0 Å². The van der Waals surface area contributed by atoms with Crippen LogP contribution in [0.2, 0.25) is 0 Å². The number of nitrogens with one attached hydrogen (secondary N) is 2. The molecule has 2 aromatic rings. The van der Waals surface area contributed by atoms with Crippen LogP contribution in [0.1, 0.15) is 22.3 Å². The molecule has 0 saturated heterocycles. The van der Waals surface area contributed by atoms with E-state index < -0.39 is 93.6 Å². The van der Waals surface area contributed by atoms with Gasteiger partial charge < -0.3 is 10.6 Å². The van der Waals surface area contributed by atoms with E-state index in [2.05, 4.69) is 0 Å². The summed E-state index contributed by atoms with van der Waals surface area (Å²) < 4.78 is 196. The summed E-state index contributed by atoms with van der Waals surface area (Å²) in [4.78, 5) is 22.5. The van der Waals surface area contributed by atoms with Gasteiger partial charge in [-0.3, -0.25) is 9.59 Å². The monoisotopic (exact) mass is 574 g/mol. The molecule has 18 heteroatoms. The third-order valence-corrected chi connectivity index (χ3v) is 5.24. The van der Waals surface area contributed by atoms with Gasteiger partial charge in [-0.25, -0.2) is 0 Å². The van der Waals surface area contributed by atoms with E-state index in [9.17, 15) is 53.5 Å². The number of rotatable bonds is 2. The molecule has 208 valence electrons. The number of amides is 2. The van der Waals surface area contributed by atoms with E-state index in [4.69, 9.17) is 0 Å². The maximum absolute atomic E-state index is 15.0. The zero-order valence-corrected chi connectivity index (χ0v) is 17.6. The van der Waals surface area contributed by atoms with Gasteiger partial charge in [0.1, 0.15) is 0 Å². The Morgan fingerprint density at radius 2 is 0.816 bits per heavy atom. The van der Waals surface area contributed by atoms with Crippen LogP contribution in [0.3, 0.4) is 0 Å². The van der Waals surface area contributed by atoms with Crippen molar-refractivity contribution in [1.82, 2.24) is 0 Å². The van der Waals surface area contributed by atoms with Crippen LogP contribution in [0.5, 0.6) is 0 Å². The van der Waals surface area contributed by atoms with Crippen LogP contribution in [-0.4, -0.2) is 24.2 Å². The van der Waals surface area contributed by atoms with Crippen LogP contribution in [0.25, 0.3) is 0 Å². The number of hydrogen-bond donors (Lipinski definition) is 2. The largest absolute Gasteiger partial charge is 0.471 e. The molecule has 2 amide bonds. The summed E-state index contributed by atoms with van der Waals surface area (Å²) in [6, 6.07) is -2.34. The lowest BCUT2D eigenvalue weighted by Crippen LogP contribution is -2.41. The smallest absolute Gasteiger partial charge is 0.318 e. The molecule has 2 N–H and O–H groups in total. The maximum atomic E-state index is 15.0. The fraction of sp³-hybridized carbons (Fsp3) is 0.300. The van der Waals surface area contributed by atoms with Crippen molar-refractivity contribution in [2.24, 2.45) is 0 Å². The summed E-state index contributed by atoms with van der Waals surface area (Å²) in [5.74, 6) is -28.9. The molecule has 0 radical (unpaired) electrons. The SMILES string of the molecule is O=C(Nc1cc2ccc1C(F)(F)C(F)(F)c1ccc(c(NC(=O)C(F)(F)F)c1)C(F)(F)C2(F)F)C(F)(F)F. The number of alkyl halides is 14. The Bertz CT molecular complexity index is 1200. The van der Waals surface area contributed by atoms with E-state index in [0.29, 0.717) is 10.6 Å². The highest BCUT2D eigenvalue weighted by atomic mass is 19.4. The molecule has 4 aliphatic carbocycles. The molecule has 4 aliphatic rings. The molecule has 38 heavy (non-hydrogen) atoms. The quantitative estimate of drug-likeness (QED) is 0.390. The second-order valence-corrected chi connectivity index (χ2v) is 7.72. The average Bonchev–Trinajstić information content (AvgIpc) is 2.76. The van der Waals surface area contributed by atoms with Gasteiger partial charge >= 0.3 is 47.9 Å². The second kappa shape index (κ2) is 8.45. The molecule has 0 unspecified atom stereocenters. The van der Waals surface area contributed by atoms with Crippen LogP contribution >= 0.6 is 0 Å². The Morgan fingerprint density at radius 3 is 1.08 bits per heavy atom. The van der Waals surface area contributed by atoms with Crippen molar-refractivity contribution in [1.29, 1.82) is 0 Å². The van der Waals surface area contributed by atoms with Crippen LogP contribution in [0, 0.1) is 0 Å². The Morgan fingerprint density at radius 1 is 0.526 bits per heavy atom. The molecule has 0 spiro atoms. The van der Waals surface area contributed by atoms with Crippen molar-refractivity contribution in [3.05, 3.63) is 58.7 Å². The topological polar surface area (TPSA) is 58.2 Å². The first kappa shape index (κ1) is 29.0. The molecule has 0 atom stereocenters. The lowest BCUT2D eigenvalue weighted by molar-refractivity contribution is -0.226. The summed E-state index contributed by atoms with van der Waals surface area (Å²) in [6.45, 7) is 0. The Hall–Kier alpha value is -3.60. The molecular weight excluding hydrogens is 566 g/mol. The van der Waals surface area contributed by atoms with Gasteiger partial charge in [0.15, 0.2) is 0 Å². The van der Waals surface area contributed by atoms with Gasteiger partial charge in [-0.15, -0.1) is 0 Å². The Balaban J connectivity index is 2.39. The van der Waals surface area contributed by atoms with Gasteiger partial charge in [-0.2, -0.15) is 61.5 Å². The highest BCUT2D eigenvalue weighted by Gasteiger charge is 2.63. The first-order valence-corrected chi connectivity index (χ1v) is 9.53. The fourth-order valence-corrected chi connectivity index (χ4v) is 3.32. The first-order valence-electron chi connectivity index (χ1n) is 9.53. The van der Waals surface area contributed by atoms with Crippen LogP contribution in [-0.2, 0) is 33.3 Å². The molecule has 0 heterocycles. The Labute approximate surface area is 200 Å². The third-order valence-electron chi connectivity index (χ3n) is 5.24. The molecule has 4 nitrogen and oxygen atoms in total. The minimum absolute atomic E-state index is 0.279. The third kappa shape index (κ3) is 4.48. The van der Waals surface area contributed by atoms with Crippen molar-refractivity contribution in [3.8, 4) is 0 Å². The molecule has 0 saturated carbocycles. The van der Waals surface area contributed by atoms with Crippen molar-refractivity contribution in [2.45, 2.75) is 36.0 Å². The van der Waals surface area contributed by atoms with Crippen molar-refractivity contribution in [2.75, 3.05) is 10.6 Å². The van der Waals surface area contributed by atoms with E-state index >= 15 is 17.6 Å². The van der Waals surface area contributed by atoms with Crippen LogP contribution < -0.4 is 10.6 Å². The normalized spacial score (nSPS) is 19.3. The maximum Gasteiger partial charge on any atom is 0.471 e. The summed E-state index contributed by atoms with van der Waals surface area (Å²) in [6.07, 6.45) is -11.7. The lowest BCUT2D eigenvalue weighted by Gasteiger charge is -2.34. The van der Waals surface area contributed by atoms with Gasteiger partial charge in [0, 0.05) is 11.1 Å². The van der Waals surface area contributed by atoms with Gasteiger partial charge in [0.05, 0.1) is 22.5 Å². The summed E-state index contributed by atoms with van der Waals surface area (Å²) in [5.41, 5.74) is -12.8. The van der Waals surface area contributed by atoms with E-state index in [1.807, 2.05) is 0 Å². The number of carbonyl (C=O) groups excluding carboxylic acids is 2. The van der Waals surface area contributed by atoms with Gasteiger partial charge in [-0.05, 0) is 12.1 Å². The minimum atomic E-state index is -5.87. The van der Waals surface area contributed by atoms with Gasteiger partial charge in [0.2, 0.25) is 0 Å². The number of halogens is 14. The molecule has 0 aromatic heterocycles. The van der Waals surface area contributed by atoms with Crippen molar-refractivity contribution < 1.29 is 71.1 Å². The zero-order chi connectivity index (χ0) is 29.3. The predicted molar refractivity (Wildman–Crippen MR) is 97.8 cm³/mol.